The van der Waals surface area contributed by atoms with Crippen molar-refractivity contribution in [1.82, 2.24) is 0 Å². The molecule has 10 heavy (non-hydrogen) atoms. The molecule has 54 valence electrons. The molecule has 0 spiro atoms. The second kappa shape index (κ2) is 3.51. The van der Waals surface area contributed by atoms with Crippen LogP contribution in [0, 0.1) is 17.8 Å². The summed E-state index contributed by atoms with van der Waals surface area (Å²) in [6.45, 7) is 1.39. The fraction of sp³-hybridized carbons (Fsp3) is 0.333. The summed E-state index contributed by atoms with van der Waals surface area (Å²) in [6, 6.07) is 0. The van der Waals surface area contributed by atoms with Crippen LogP contribution in [0.1, 0.15) is 6.92 Å². The molecule has 0 saturated heterocycles. The van der Waals surface area contributed by atoms with E-state index in [-0.39, 0.29) is 0 Å². The number of hydrogen-bond acceptors (Lipinski definition) is 2. The van der Waals surface area contributed by atoms with Crippen molar-refractivity contribution in [2.24, 2.45) is 5.92 Å². The van der Waals surface area contributed by atoms with E-state index < -0.39 is 17.9 Å². The number of aliphatic carboxylic acids is 2. The van der Waals surface area contributed by atoms with E-state index >= 15 is 0 Å². The van der Waals surface area contributed by atoms with Crippen molar-refractivity contribution in [1.29, 1.82) is 0 Å². The summed E-state index contributed by atoms with van der Waals surface area (Å²) in [5.41, 5.74) is 0. The summed E-state index contributed by atoms with van der Waals surface area (Å²) >= 11 is 0. The van der Waals surface area contributed by atoms with Crippen molar-refractivity contribution in [3.05, 3.63) is 0 Å². The first-order valence-electron chi connectivity index (χ1n) is 2.47. The summed E-state index contributed by atoms with van der Waals surface area (Å²) in [6.07, 6.45) is 0. The summed E-state index contributed by atoms with van der Waals surface area (Å²) < 4.78 is 0. The Bertz CT molecular complexity index is 194. The molecular formula is C6H6O4. The van der Waals surface area contributed by atoms with Gasteiger partial charge in [0.1, 0.15) is 0 Å². The third-order valence-electron chi connectivity index (χ3n) is 0.783. The average molecular weight is 142 g/mol. The first-order chi connectivity index (χ1) is 4.59. The Morgan fingerprint density at radius 2 is 1.70 bits per heavy atom. The van der Waals surface area contributed by atoms with Crippen molar-refractivity contribution in [3.8, 4) is 11.8 Å². The summed E-state index contributed by atoms with van der Waals surface area (Å²) in [4.78, 5) is 20.1. The van der Waals surface area contributed by atoms with Gasteiger partial charge < -0.3 is 10.2 Å². The van der Waals surface area contributed by atoms with E-state index in [1.165, 1.54) is 6.92 Å². The van der Waals surface area contributed by atoms with Crippen molar-refractivity contribution in [2.75, 3.05) is 0 Å². The summed E-state index contributed by atoms with van der Waals surface area (Å²) in [5.74, 6) is -0.199. The lowest BCUT2D eigenvalue weighted by Gasteiger charge is -1.94. The van der Waals surface area contributed by atoms with E-state index in [0.29, 0.717) is 0 Å². The first kappa shape index (κ1) is 8.50. The predicted molar refractivity (Wildman–Crippen MR) is 32.2 cm³/mol. The molecule has 0 atom stereocenters. The normalized spacial score (nSPS) is 8.20. The van der Waals surface area contributed by atoms with Crippen LogP contribution in [0.2, 0.25) is 0 Å². The highest BCUT2D eigenvalue weighted by Gasteiger charge is 2.22. The third kappa shape index (κ3) is 2.18. The Morgan fingerprint density at radius 3 is 1.80 bits per heavy atom. The molecule has 0 fully saturated rings. The van der Waals surface area contributed by atoms with Crippen LogP contribution in [0.15, 0.2) is 0 Å². The Labute approximate surface area is 57.5 Å². The molecule has 4 heteroatoms. The fourth-order valence-electron chi connectivity index (χ4n) is 0.373. The second-order valence-electron chi connectivity index (χ2n) is 1.50. The minimum Gasteiger partial charge on any atom is -0.480 e. The zero-order chi connectivity index (χ0) is 8.15. The van der Waals surface area contributed by atoms with Crippen LogP contribution >= 0.6 is 0 Å². The minimum atomic E-state index is -1.59. The molecule has 0 rings (SSSR count). The molecule has 0 heterocycles. The van der Waals surface area contributed by atoms with Crippen LogP contribution in [0.4, 0.5) is 0 Å². The van der Waals surface area contributed by atoms with Crippen molar-refractivity contribution >= 4 is 11.9 Å². The van der Waals surface area contributed by atoms with Crippen molar-refractivity contribution in [3.63, 3.8) is 0 Å². The second-order valence-corrected chi connectivity index (χ2v) is 1.50. The number of carbonyl (C=O) groups is 2. The number of hydrogen-bond donors (Lipinski definition) is 2. The van der Waals surface area contributed by atoms with Crippen LogP contribution in [0.5, 0.6) is 0 Å². The summed E-state index contributed by atoms with van der Waals surface area (Å²) in [7, 11) is 0. The molecule has 0 aliphatic rings. The van der Waals surface area contributed by atoms with Gasteiger partial charge in [-0.3, -0.25) is 9.59 Å². The van der Waals surface area contributed by atoms with Crippen LogP contribution in [-0.4, -0.2) is 22.2 Å². The predicted octanol–water partition coefficient (Wildman–Crippen LogP) is -0.205. The molecule has 0 bridgehead atoms. The molecule has 4 nitrogen and oxygen atoms in total. The standard InChI is InChI=1S/C6H6O4/c1-2-3-4(5(7)8)6(9)10/h4H,1H3,(H,7,8)(H,9,10). The van der Waals surface area contributed by atoms with E-state index in [0.717, 1.165) is 0 Å². The smallest absolute Gasteiger partial charge is 0.330 e. The summed E-state index contributed by atoms with van der Waals surface area (Å²) in [5, 5.41) is 16.4. The van der Waals surface area contributed by atoms with Gasteiger partial charge in [0.15, 0.2) is 0 Å². The lowest BCUT2D eigenvalue weighted by Crippen LogP contribution is -2.21. The minimum absolute atomic E-state index is 1.39. The molecule has 0 radical (unpaired) electrons. The molecule has 0 aromatic heterocycles. The Hall–Kier alpha value is -1.50. The van der Waals surface area contributed by atoms with Gasteiger partial charge in [0.2, 0.25) is 5.92 Å². The monoisotopic (exact) mass is 142 g/mol. The van der Waals surface area contributed by atoms with E-state index in [1.807, 2.05) is 5.92 Å². The largest absolute Gasteiger partial charge is 0.480 e. The third-order valence-corrected chi connectivity index (χ3v) is 0.783. The van der Waals surface area contributed by atoms with Gasteiger partial charge in [-0.05, 0) is 6.92 Å². The molecule has 0 aromatic rings. The average Bonchev–Trinajstić information content (AvgIpc) is 1.81. The molecular weight excluding hydrogens is 136 g/mol. The van der Waals surface area contributed by atoms with Gasteiger partial charge in [-0.2, -0.15) is 0 Å². The maximum Gasteiger partial charge on any atom is 0.330 e. The molecule has 0 amide bonds. The lowest BCUT2D eigenvalue weighted by atomic mass is 10.1. The van der Waals surface area contributed by atoms with Crippen LogP contribution in [-0.2, 0) is 9.59 Å². The highest BCUT2D eigenvalue weighted by Crippen LogP contribution is 1.93. The Morgan fingerprint density at radius 1 is 1.30 bits per heavy atom. The number of carboxylic acids is 2. The fourth-order valence-corrected chi connectivity index (χ4v) is 0.373. The highest BCUT2D eigenvalue weighted by atomic mass is 16.4. The highest BCUT2D eigenvalue weighted by molar-refractivity contribution is 5.96. The first-order valence-corrected chi connectivity index (χ1v) is 2.47. The van der Waals surface area contributed by atoms with Gasteiger partial charge in [-0.15, -0.1) is 5.92 Å². The zero-order valence-corrected chi connectivity index (χ0v) is 5.29. The van der Waals surface area contributed by atoms with Crippen LogP contribution < -0.4 is 0 Å². The van der Waals surface area contributed by atoms with Crippen LogP contribution in [0.25, 0.3) is 0 Å². The quantitative estimate of drug-likeness (QED) is 0.413. The zero-order valence-electron chi connectivity index (χ0n) is 5.29. The van der Waals surface area contributed by atoms with E-state index in [4.69, 9.17) is 10.2 Å². The SMILES string of the molecule is CC#CC(C(=O)O)C(=O)O. The molecule has 0 aromatic carbocycles. The van der Waals surface area contributed by atoms with Gasteiger partial charge in [-0.25, -0.2) is 0 Å². The van der Waals surface area contributed by atoms with Crippen molar-refractivity contribution in [2.45, 2.75) is 6.92 Å². The van der Waals surface area contributed by atoms with Gasteiger partial charge in [0.05, 0.1) is 0 Å². The molecule has 0 aliphatic carbocycles. The van der Waals surface area contributed by atoms with E-state index in [1.54, 1.807) is 0 Å². The van der Waals surface area contributed by atoms with E-state index in [2.05, 4.69) is 5.92 Å². The topological polar surface area (TPSA) is 74.6 Å². The lowest BCUT2D eigenvalue weighted by molar-refractivity contribution is -0.151. The number of rotatable bonds is 2. The maximum atomic E-state index is 10.0. The molecule has 0 aliphatic heterocycles. The maximum absolute atomic E-state index is 10.0. The molecule has 2 N–H and O–H groups in total. The van der Waals surface area contributed by atoms with Gasteiger partial charge in [0, 0.05) is 0 Å². The molecule has 0 unspecified atom stereocenters. The van der Waals surface area contributed by atoms with Gasteiger partial charge >= 0.3 is 11.9 Å². The Kier molecular flexibility index (Phi) is 2.98. The molecule has 0 saturated carbocycles. The van der Waals surface area contributed by atoms with Gasteiger partial charge in [-0.1, -0.05) is 5.92 Å². The number of carboxylic acid groups (broad SMARTS) is 2. The van der Waals surface area contributed by atoms with Gasteiger partial charge in [0.25, 0.3) is 0 Å². The van der Waals surface area contributed by atoms with E-state index in [9.17, 15) is 9.59 Å². The van der Waals surface area contributed by atoms with Crippen molar-refractivity contribution < 1.29 is 19.8 Å². The Balaban J connectivity index is 4.37. The van der Waals surface area contributed by atoms with Crippen LogP contribution in [0.3, 0.4) is 0 Å².